The molecule has 4 N–H and O–H groups in total. The number of anilines is 2. The fourth-order valence-electron chi connectivity index (χ4n) is 5.18. The van der Waals surface area contributed by atoms with Gasteiger partial charge in [-0.15, -0.1) is 0 Å². The molecule has 40 heavy (non-hydrogen) atoms. The molecule has 1 fully saturated rings. The van der Waals surface area contributed by atoms with Crippen LogP contribution in [-0.2, 0) is 32.3 Å². The van der Waals surface area contributed by atoms with E-state index in [0.717, 1.165) is 17.8 Å². The van der Waals surface area contributed by atoms with Crippen LogP contribution in [-0.4, -0.2) is 80.0 Å². The zero-order valence-corrected chi connectivity index (χ0v) is 23.5. The minimum Gasteiger partial charge on any atom is -0.369 e. The van der Waals surface area contributed by atoms with Gasteiger partial charge >= 0.3 is 0 Å². The molecule has 2 aliphatic heterocycles. The summed E-state index contributed by atoms with van der Waals surface area (Å²) in [5.74, 6) is -1.49. The minimum absolute atomic E-state index is 0.00148. The second kappa shape index (κ2) is 12.9. The molecule has 2 heterocycles. The molecule has 2 aromatic carbocycles. The summed E-state index contributed by atoms with van der Waals surface area (Å²) in [6.45, 7) is 7.36. The molecule has 214 valence electrons. The maximum Gasteiger partial charge on any atom is 0.256 e. The number of hydrogen-bond donors (Lipinski definition) is 3. The summed E-state index contributed by atoms with van der Waals surface area (Å²) in [5.41, 5.74) is 9.99. The van der Waals surface area contributed by atoms with Crippen LogP contribution in [0.5, 0.6) is 0 Å². The first-order valence-electron chi connectivity index (χ1n) is 13.7. The molecule has 4 amide bonds. The van der Waals surface area contributed by atoms with E-state index in [1.54, 1.807) is 27.9 Å². The number of hydrazine groups is 1. The van der Waals surface area contributed by atoms with E-state index in [9.17, 15) is 19.2 Å². The summed E-state index contributed by atoms with van der Waals surface area (Å²) < 4.78 is 0. The first-order chi connectivity index (χ1) is 19.2. The number of carbonyl (C=O) groups is 4. The molecule has 0 saturated carbocycles. The number of nitrogens with two attached hydrogens (primary N) is 1. The smallest absolute Gasteiger partial charge is 0.256 e. The van der Waals surface area contributed by atoms with E-state index < -0.39 is 11.8 Å². The second-order valence-electron chi connectivity index (χ2n) is 10.3. The summed E-state index contributed by atoms with van der Waals surface area (Å²) in [6.07, 6.45) is 0.0938. The van der Waals surface area contributed by atoms with E-state index in [-0.39, 0.29) is 43.8 Å². The Morgan fingerprint density at radius 3 is 2.35 bits per heavy atom. The molecular weight excluding hydrogens is 510 g/mol. The standard InChI is InChI=1S/C29H39N7O4/c1-4-31-11-12-32-26(37)18-34(19-28(39)33(3)35-15-21-7-5-6-8-22(21)16-35)25-10-9-24(13-20(25)2)36-17-23(29(30)40)14-27(36)38/h5-10,13,23,31H,4,11-12,14-19H2,1-3H3,(H2,30,40)(H,32,37). The molecule has 0 spiro atoms. The topological polar surface area (TPSA) is 131 Å². The van der Waals surface area contributed by atoms with E-state index >= 15 is 0 Å². The van der Waals surface area contributed by atoms with Crippen molar-refractivity contribution in [1.82, 2.24) is 20.7 Å². The van der Waals surface area contributed by atoms with Crippen molar-refractivity contribution in [2.24, 2.45) is 11.7 Å². The highest BCUT2D eigenvalue weighted by atomic mass is 16.2. The molecule has 0 bridgehead atoms. The zero-order valence-electron chi connectivity index (χ0n) is 23.5. The number of primary amides is 1. The summed E-state index contributed by atoms with van der Waals surface area (Å²) >= 11 is 0. The van der Waals surface area contributed by atoms with Crippen LogP contribution in [0.3, 0.4) is 0 Å². The number of hydrogen-bond acceptors (Lipinski definition) is 7. The van der Waals surface area contributed by atoms with Crippen molar-refractivity contribution < 1.29 is 19.2 Å². The Bertz CT molecular complexity index is 1240. The molecule has 4 rings (SSSR count). The lowest BCUT2D eigenvalue weighted by molar-refractivity contribution is -0.145. The Morgan fingerprint density at radius 2 is 1.75 bits per heavy atom. The van der Waals surface area contributed by atoms with Gasteiger partial charge in [0.05, 0.1) is 19.0 Å². The Labute approximate surface area is 235 Å². The lowest BCUT2D eigenvalue weighted by Crippen LogP contribution is -2.48. The minimum atomic E-state index is -0.514. The average molecular weight is 550 g/mol. The van der Waals surface area contributed by atoms with Crippen molar-refractivity contribution >= 4 is 35.0 Å². The van der Waals surface area contributed by atoms with Crippen molar-refractivity contribution in [3.05, 3.63) is 59.2 Å². The van der Waals surface area contributed by atoms with Gasteiger partial charge in [0.15, 0.2) is 0 Å². The third-order valence-electron chi connectivity index (χ3n) is 7.50. The van der Waals surface area contributed by atoms with Crippen LogP contribution in [0.15, 0.2) is 42.5 Å². The molecular formula is C29H39N7O4. The number of amides is 4. The average Bonchev–Trinajstić information content (AvgIpc) is 3.54. The first kappa shape index (κ1) is 29.0. The van der Waals surface area contributed by atoms with Crippen molar-refractivity contribution in [3.63, 3.8) is 0 Å². The number of rotatable bonds is 12. The van der Waals surface area contributed by atoms with E-state index in [0.29, 0.717) is 31.9 Å². The molecule has 1 atom stereocenters. The number of benzene rings is 2. The largest absolute Gasteiger partial charge is 0.369 e. The Kier molecular flexibility index (Phi) is 9.38. The number of nitrogens with one attached hydrogen (secondary N) is 2. The zero-order chi connectivity index (χ0) is 28.8. The highest BCUT2D eigenvalue weighted by Crippen LogP contribution is 2.30. The normalized spacial score (nSPS) is 16.6. The molecule has 0 aliphatic carbocycles. The van der Waals surface area contributed by atoms with Gasteiger partial charge in [-0.05, 0) is 48.4 Å². The SMILES string of the molecule is CCNCCNC(=O)CN(CC(=O)N(C)N1Cc2ccccc2C1)c1ccc(N2CC(C(N)=O)CC2=O)cc1C. The lowest BCUT2D eigenvalue weighted by atomic mass is 10.1. The fraction of sp³-hybridized carbons (Fsp3) is 0.448. The second-order valence-corrected chi connectivity index (χ2v) is 10.3. The van der Waals surface area contributed by atoms with Crippen molar-refractivity contribution in [2.45, 2.75) is 33.4 Å². The maximum absolute atomic E-state index is 13.5. The highest BCUT2D eigenvalue weighted by molar-refractivity contribution is 6.00. The Hall–Kier alpha value is -3.96. The number of likely N-dealkylation sites (N-methyl/N-ethyl adjacent to an activating group) is 2. The van der Waals surface area contributed by atoms with Crippen LogP contribution in [0.4, 0.5) is 11.4 Å². The third kappa shape index (κ3) is 6.78. The predicted octanol–water partition coefficient (Wildman–Crippen LogP) is 0.755. The van der Waals surface area contributed by atoms with Crippen LogP contribution >= 0.6 is 0 Å². The van der Waals surface area contributed by atoms with Crippen LogP contribution in [0, 0.1) is 12.8 Å². The molecule has 1 saturated heterocycles. The summed E-state index contributed by atoms with van der Waals surface area (Å²) in [4.78, 5) is 53.8. The molecule has 2 aliphatic rings. The predicted molar refractivity (Wildman–Crippen MR) is 153 cm³/mol. The molecule has 11 heteroatoms. The Morgan fingerprint density at radius 1 is 1.05 bits per heavy atom. The molecule has 1 unspecified atom stereocenters. The summed E-state index contributed by atoms with van der Waals surface area (Å²) in [5, 5.41) is 9.71. The van der Waals surface area contributed by atoms with Crippen LogP contribution < -0.4 is 26.2 Å². The van der Waals surface area contributed by atoms with Crippen LogP contribution in [0.25, 0.3) is 0 Å². The lowest BCUT2D eigenvalue weighted by Gasteiger charge is -2.32. The molecule has 0 radical (unpaired) electrons. The van der Waals surface area contributed by atoms with Gasteiger partial charge in [0.25, 0.3) is 5.91 Å². The van der Waals surface area contributed by atoms with Gasteiger partial charge in [0.1, 0.15) is 0 Å². The van der Waals surface area contributed by atoms with Gasteiger partial charge in [0, 0.05) is 57.6 Å². The molecule has 2 aromatic rings. The third-order valence-corrected chi connectivity index (χ3v) is 7.50. The van der Waals surface area contributed by atoms with Gasteiger partial charge in [-0.25, -0.2) is 5.01 Å². The van der Waals surface area contributed by atoms with E-state index in [4.69, 9.17) is 5.73 Å². The highest BCUT2D eigenvalue weighted by Gasteiger charge is 2.34. The number of fused-ring (bicyclic) bond motifs is 1. The fourth-order valence-corrected chi connectivity index (χ4v) is 5.18. The van der Waals surface area contributed by atoms with Crippen molar-refractivity contribution in [3.8, 4) is 0 Å². The summed E-state index contributed by atoms with van der Waals surface area (Å²) in [6, 6.07) is 13.6. The van der Waals surface area contributed by atoms with Crippen molar-refractivity contribution in [1.29, 1.82) is 0 Å². The summed E-state index contributed by atoms with van der Waals surface area (Å²) in [7, 11) is 1.76. The Balaban J connectivity index is 1.50. The van der Waals surface area contributed by atoms with Crippen LogP contribution in [0.1, 0.15) is 30.0 Å². The molecule has 0 aromatic heterocycles. The van der Waals surface area contributed by atoms with Gasteiger partial charge < -0.3 is 26.2 Å². The van der Waals surface area contributed by atoms with E-state index in [1.807, 2.05) is 43.1 Å². The quantitative estimate of drug-likeness (QED) is 0.333. The molecule has 11 nitrogen and oxygen atoms in total. The van der Waals surface area contributed by atoms with Gasteiger partial charge in [0.2, 0.25) is 17.7 Å². The monoisotopic (exact) mass is 549 g/mol. The van der Waals surface area contributed by atoms with Gasteiger partial charge in [-0.1, -0.05) is 31.2 Å². The van der Waals surface area contributed by atoms with E-state index in [1.165, 1.54) is 11.1 Å². The van der Waals surface area contributed by atoms with Gasteiger partial charge in [-0.2, -0.15) is 0 Å². The maximum atomic E-state index is 13.5. The van der Waals surface area contributed by atoms with Gasteiger partial charge in [-0.3, -0.25) is 24.2 Å². The first-order valence-corrected chi connectivity index (χ1v) is 13.7. The number of carbonyl (C=O) groups excluding carboxylic acids is 4. The van der Waals surface area contributed by atoms with Crippen molar-refractivity contribution in [2.75, 3.05) is 56.1 Å². The number of nitrogens with zero attached hydrogens (tertiary/aromatic N) is 4. The van der Waals surface area contributed by atoms with E-state index in [2.05, 4.69) is 22.8 Å². The number of aryl methyl sites for hydroxylation is 1. The van der Waals surface area contributed by atoms with Crippen LogP contribution in [0.2, 0.25) is 0 Å².